The van der Waals surface area contributed by atoms with Gasteiger partial charge in [0.15, 0.2) is 5.78 Å². The molecule has 3 aromatic carbocycles. The van der Waals surface area contributed by atoms with Gasteiger partial charge in [-0.3, -0.25) is 39.0 Å². The van der Waals surface area contributed by atoms with Crippen molar-refractivity contribution in [3.63, 3.8) is 0 Å². The molecule has 0 bridgehead atoms. The Bertz CT molecular complexity index is 2640. The van der Waals surface area contributed by atoms with Crippen molar-refractivity contribution in [2.45, 2.75) is 63.5 Å². The van der Waals surface area contributed by atoms with Crippen molar-refractivity contribution in [3.8, 4) is 23.1 Å². The summed E-state index contributed by atoms with van der Waals surface area (Å²) in [4.78, 5) is 91.7. The molecule has 2 saturated heterocycles. The van der Waals surface area contributed by atoms with Crippen molar-refractivity contribution in [1.29, 1.82) is 0 Å². The lowest BCUT2D eigenvalue weighted by Crippen LogP contribution is -2.54. The van der Waals surface area contributed by atoms with E-state index >= 15 is 0 Å². The van der Waals surface area contributed by atoms with Crippen LogP contribution < -0.4 is 30.2 Å². The fourth-order valence-electron chi connectivity index (χ4n) is 8.50. The van der Waals surface area contributed by atoms with E-state index in [0.29, 0.717) is 64.5 Å². The number of nitrogens with zero attached hydrogens (tertiary/aromatic N) is 4. The predicted octanol–water partition coefficient (Wildman–Crippen LogP) is 5.09. The Labute approximate surface area is 355 Å². The molecule has 5 amide bonds. The van der Waals surface area contributed by atoms with E-state index in [2.05, 4.69) is 35.8 Å². The normalized spacial score (nSPS) is 17.9. The quantitative estimate of drug-likeness (QED) is 0.0849. The van der Waals surface area contributed by atoms with Crippen molar-refractivity contribution in [1.82, 2.24) is 35.4 Å². The molecule has 318 valence electrons. The van der Waals surface area contributed by atoms with E-state index < -0.39 is 29.7 Å². The number of ether oxygens (including phenoxy) is 3. The van der Waals surface area contributed by atoms with Crippen LogP contribution in [-0.4, -0.2) is 106 Å². The number of anilines is 2. The molecule has 1 atom stereocenters. The van der Waals surface area contributed by atoms with Crippen LogP contribution in [0.5, 0.6) is 23.1 Å². The van der Waals surface area contributed by atoms with Crippen molar-refractivity contribution < 1.29 is 43.0 Å². The van der Waals surface area contributed by atoms with E-state index in [0.717, 1.165) is 55.8 Å². The first kappa shape index (κ1) is 40.3. The molecule has 4 N–H and O–H groups in total. The molecule has 2 aromatic heterocycles. The fraction of sp³-hybridized carbons (Fsp3) is 0.333. The number of carbonyl (C=O) groups excluding carboxylic acids is 6. The van der Waals surface area contributed by atoms with E-state index in [4.69, 9.17) is 14.2 Å². The number of benzene rings is 3. The standard InChI is InChI=1S/C45H44N8O9/c1-60-36-23-26(7-11-32(36)48-45-50-39-30(15-18-46-39)42(51-45)62-35-6-4-5-25-8-13-34(54)38(25)35)40(56)47-27-16-20-52(21-17-27)19-2-3-22-61-28-9-10-29-31(24-28)44(59)53(43(29)58)33-12-14-37(55)49-41(33)57/h4-7,9-11,15,18,23-24,27,33H,2-3,8,12-14,16-17,19-22H2,1H3,(H,47,56)(H,49,55,57)(H2,46,48,50,51). The second-order valence-electron chi connectivity index (χ2n) is 15.7. The maximum atomic E-state index is 13.4. The summed E-state index contributed by atoms with van der Waals surface area (Å²) in [5.74, 6) is -0.467. The first-order valence-corrected chi connectivity index (χ1v) is 20.8. The second kappa shape index (κ2) is 17.1. The molecule has 2 fully saturated rings. The Morgan fingerprint density at radius 2 is 1.71 bits per heavy atom. The molecule has 17 nitrogen and oxygen atoms in total. The number of hydrogen-bond donors (Lipinski definition) is 4. The van der Waals surface area contributed by atoms with E-state index in [1.54, 1.807) is 42.6 Å². The topological polar surface area (TPSA) is 214 Å². The molecular formula is C45H44N8O9. The maximum absolute atomic E-state index is 13.4. The molecule has 4 aliphatic rings. The molecule has 9 rings (SSSR count). The van der Waals surface area contributed by atoms with Gasteiger partial charge in [-0.2, -0.15) is 9.97 Å². The van der Waals surface area contributed by atoms with E-state index in [-0.39, 0.29) is 53.5 Å². The van der Waals surface area contributed by atoms with Crippen LogP contribution in [0.4, 0.5) is 11.6 Å². The molecule has 0 saturated carbocycles. The van der Waals surface area contributed by atoms with Crippen LogP contribution in [0.1, 0.15) is 91.9 Å². The summed E-state index contributed by atoms with van der Waals surface area (Å²) in [6.07, 6.45) is 6.31. The maximum Gasteiger partial charge on any atom is 0.262 e. The van der Waals surface area contributed by atoms with Crippen LogP contribution in [0.2, 0.25) is 0 Å². The van der Waals surface area contributed by atoms with Crippen LogP contribution in [0.25, 0.3) is 11.0 Å². The van der Waals surface area contributed by atoms with Gasteiger partial charge in [-0.15, -0.1) is 0 Å². The average molecular weight is 841 g/mol. The zero-order valence-corrected chi connectivity index (χ0v) is 34.0. The van der Waals surface area contributed by atoms with E-state index in [1.807, 2.05) is 18.2 Å². The number of aryl methyl sites for hydroxylation is 1. The highest BCUT2D eigenvalue weighted by Gasteiger charge is 2.44. The molecule has 62 heavy (non-hydrogen) atoms. The Hall–Kier alpha value is -7.14. The van der Waals surface area contributed by atoms with Crippen molar-refractivity contribution in [2.75, 3.05) is 38.7 Å². The smallest absolute Gasteiger partial charge is 0.262 e. The average Bonchev–Trinajstić information content (AvgIpc) is 3.97. The molecule has 5 heterocycles. The summed E-state index contributed by atoms with van der Waals surface area (Å²) >= 11 is 0. The third-order valence-electron chi connectivity index (χ3n) is 11.8. The van der Waals surface area contributed by atoms with Crippen molar-refractivity contribution in [2.24, 2.45) is 0 Å². The van der Waals surface area contributed by atoms with Crippen molar-refractivity contribution in [3.05, 3.63) is 94.7 Å². The highest BCUT2D eigenvalue weighted by atomic mass is 16.5. The number of fused-ring (bicyclic) bond motifs is 3. The lowest BCUT2D eigenvalue weighted by molar-refractivity contribution is -0.136. The van der Waals surface area contributed by atoms with Crippen LogP contribution in [-0.2, 0) is 16.0 Å². The number of unbranched alkanes of at least 4 members (excludes halogenated alkanes) is 1. The number of aromatic amines is 1. The van der Waals surface area contributed by atoms with Gasteiger partial charge in [0.25, 0.3) is 17.7 Å². The first-order valence-electron chi connectivity index (χ1n) is 20.8. The number of nitrogens with one attached hydrogen (secondary N) is 4. The third-order valence-corrected chi connectivity index (χ3v) is 11.8. The van der Waals surface area contributed by atoms with Crippen LogP contribution in [0.15, 0.2) is 66.9 Å². The number of aromatic nitrogens is 3. The monoisotopic (exact) mass is 840 g/mol. The minimum absolute atomic E-state index is 0.0201. The minimum atomic E-state index is -1.01. The number of Topliss-reactive ketones (excluding diaryl/α,β-unsaturated/α-hetero) is 1. The highest BCUT2D eigenvalue weighted by Crippen LogP contribution is 2.37. The molecule has 3 aliphatic heterocycles. The molecule has 0 spiro atoms. The number of amides is 5. The van der Waals surface area contributed by atoms with Crippen LogP contribution >= 0.6 is 0 Å². The number of imide groups is 2. The summed E-state index contributed by atoms with van der Waals surface area (Å²) < 4.78 is 17.8. The Morgan fingerprint density at radius 3 is 2.53 bits per heavy atom. The molecule has 5 aromatic rings. The lowest BCUT2D eigenvalue weighted by Gasteiger charge is -2.32. The van der Waals surface area contributed by atoms with Crippen LogP contribution in [0, 0.1) is 0 Å². The molecule has 0 radical (unpaired) electrons. The number of likely N-dealkylation sites (tertiary alicyclic amines) is 1. The van der Waals surface area contributed by atoms with Crippen molar-refractivity contribution >= 4 is 58.0 Å². The SMILES string of the molecule is COc1cc(C(=O)NC2CCN(CCCCOc3ccc4c(c3)C(=O)N(C3CCC(=O)NC3=O)C4=O)CC2)ccc1Nc1nc(Oc2cccc3c2C(=O)CC3)c2cc[nH]c2n1. The Morgan fingerprint density at radius 1 is 0.871 bits per heavy atom. The summed E-state index contributed by atoms with van der Waals surface area (Å²) in [7, 11) is 1.53. The second-order valence-corrected chi connectivity index (χ2v) is 15.7. The molecule has 1 aliphatic carbocycles. The van der Waals surface area contributed by atoms with Gasteiger partial charge in [0.05, 0.1) is 41.5 Å². The van der Waals surface area contributed by atoms with Gasteiger partial charge in [-0.05, 0) is 99.2 Å². The highest BCUT2D eigenvalue weighted by molar-refractivity contribution is 6.23. The van der Waals surface area contributed by atoms with Gasteiger partial charge in [-0.25, -0.2) is 0 Å². The summed E-state index contributed by atoms with van der Waals surface area (Å²) in [6.45, 7) is 2.96. The van der Waals surface area contributed by atoms with Gasteiger partial charge >= 0.3 is 0 Å². The molecular weight excluding hydrogens is 797 g/mol. The minimum Gasteiger partial charge on any atom is -0.495 e. The fourth-order valence-corrected chi connectivity index (χ4v) is 8.50. The zero-order valence-electron chi connectivity index (χ0n) is 34.0. The number of methoxy groups -OCH3 is 1. The van der Waals surface area contributed by atoms with Gasteiger partial charge in [0, 0.05) is 43.7 Å². The first-order chi connectivity index (χ1) is 30.1. The Kier molecular flexibility index (Phi) is 11.1. The number of rotatable bonds is 14. The van der Waals surface area contributed by atoms with Gasteiger partial charge in [0.2, 0.25) is 23.6 Å². The number of piperidine rings is 2. The summed E-state index contributed by atoms with van der Waals surface area (Å²) in [6, 6.07) is 16.3. The Balaban J connectivity index is 0.733. The van der Waals surface area contributed by atoms with Gasteiger partial charge in [0.1, 0.15) is 28.9 Å². The van der Waals surface area contributed by atoms with E-state index in [1.165, 1.54) is 13.2 Å². The van der Waals surface area contributed by atoms with Crippen LogP contribution in [0.3, 0.4) is 0 Å². The summed E-state index contributed by atoms with van der Waals surface area (Å²) in [5, 5.41) is 9.24. The molecule has 1 unspecified atom stereocenters. The zero-order chi connectivity index (χ0) is 42.9. The number of carbonyl (C=O) groups is 6. The number of H-pyrrole nitrogens is 1. The lowest BCUT2D eigenvalue weighted by atomic mass is 10.0. The number of ketones is 1. The summed E-state index contributed by atoms with van der Waals surface area (Å²) in [5.41, 5.74) is 3.49. The van der Waals surface area contributed by atoms with E-state index in [9.17, 15) is 28.8 Å². The predicted molar refractivity (Wildman–Crippen MR) is 224 cm³/mol. The van der Waals surface area contributed by atoms with Gasteiger partial charge in [-0.1, -0.05) is 12.1 Å². The largest absolute Gasteiger partial charge is 0.495 e. The molecule has 17 heteroatoms. The van der Waals surface area contributed by atoms with Gasteiger partial charge < -0.3 is 34.7 Å². The third kappa shape index (κ3) is 8.05. The number of hydrogen-bond acceptors (Lipinski definition) is 13.